The number of carbonyl (C=O) groups is 1. The fraction of sp³-hybridized carbons (Fsp3) is 0.591. The highest BCUT2D eigenvalue weighted by molar-refractivity contribution is 5.73. The van der Waals surface area contributed by atoms with Crippen LogP contribution in [0.1, 0.15) is 35.8 Å². The van der Waals surface area contributed by atoms with Gasteiger partial charge in [0, 0.05) is 39.8 Å². The van der Waals surface area contributed by atoms with Gasteiger partial charge in [-0.15, -0.1) is 5.10 Å². The molecule has 0 saturated carbocycles. The van der Waals surface area contributed by atoms with Gasteiger partial charge in [-0.05, 0) is 24.3 Å². The second-order valence-electron chi connectivity index (χ2n) is 8.17. The van der Waals surface area contributed by atoms with Gasteiger partial charge in [-0.2, -0.15) is 13.2 Å². The smallest absolute Gasteiger partial charge is 0.475 e. The Kier molecular flexibility index (Phi) is 8.81. The molecule has 1 aromatic heterocycles. The molecule has 0 radical (unpaired) electrons. The Balaban J connectivity index is 0.000000383. The van der Waals surface area contributed by atoms with Gasteiger partial charge in [-0.1, -0.05) is 35.5 Å². The number of nitrogens with zero attached hydrogens (tertiary/aromatic N) is 4. The molecule has 33 heavy (non-hydrogen) atoms. The molecule has 1 unspecified atom stereocenters. The van der Waals surface area contributed by atoms with Crippen molar-refractivity contribution in [2.24, 2.45) is 13.0 Å². The molecule has 2 aromatic rings. The maximum atomic E-state index is 10.6. The summed E-state index contributed by atoms with van der Waals surface area (Å²) in [6, 6.07) is 10.5. The zero-order valence-electron chi connectivity index (χ0n) is 18.5. The molecule has 0 bridgehead atoms. The van der Waals surface area contributed by atoms with E-state index in [1.54, 1.807) is 0 Å². The Morgan fingerprint density at radius 1 is 1.24 bits per heavy atom. The molecule has 11 heteroatoms. The number of fused-ring (bicyclic) bond motifs is 1. The van der Waals surface area contributed by atoms with Crippen molar-refractivity contribution >= 4 is 5.97 Å². The predicted octanol–water partition coefficient (Wildman–Crippen LogP) is 2.99. The highest BCUT2D eigenvalue weighted by Crippen LogP contribution is 2.30. The van der Waals surface area contributed by atoms with Crippen molar-refractivity contribution in [3.8, 4) is 0 Å². The lowest BCUT2D eigenvalue weighted by molar-refractivity contribution is -0.192. The van der Waals surface area contributed by atoms with Crippen LogP contribution in [0.2, 0.25) is 0 Å². The zero-order chi connectivity index (χ0) is 23.8. The second-order valence-corrected chi connectivity index (χ2v) is 8.17. The van der Waals surface area contributed by atoms with Gasteiger partial charge >= 0.3 is 12.1 Å². The third kappa shape index (κ3) is 7.24. The van der Waals surface area contributed by atoms with Crippen molar-refractivity contribution in [3.63, 3.8) is 0 Å². The summed E-state index contributed by atoms with van der Waals surface area (Å²) in [5.41, 5.74) is 3.55. The molecule has 8 nitrogen and oxygen atoms in total. The highest BCUT2D eigenvalue weighted by Gasteiger charge is 2.38. The summed E-state index contributed by atoms with van der Waals surface area (Å²) in [7, 11) is 1.99. The highest BCUT2D eigenvalue weighted by atomic mass is 19.4. The second kappa shape index (κ2) is 11.6. The Labute approximate surface area is 190 Å². The molecule has 0 aliphatic carbocycles. The lowest BCUT2D eigenvalue weighted by atomic mass is 9.96. The number of hydrogen-bond acceptors (Lipinski definition) is 6. The summed E-state index contributed by atoms with van der Waals surface area (Å²) >= 11 is 0. The number of carboxylic acid groups (broad SMARTS) is 1. The largest absolute Gasteiger partial charge is 0.490 e. The van der Waals surface area contributed by atoms with Crippen LogP contribution in [0.15, 0.2) is 30.3 Å². The zero-order valence-corrected chi connectivity index (χ0v) is 18.5. The molecule has 2 aliphatic heterocycles. The molecule has 1 N–H and O–H groups in total. The van der Waals surface area contributed by atoms with E-state index in [0.29, 0.717) is 19.1 Å². The quantitative estimate of drug-likeness (QED) is 0.694. The van der Waals surface area contributed by atoms with E-state index < -0.39 is 12.1 Å². The maximum absolute atomic E-state index is 10.6. The van der Waals surface area contributed by atoms with Crippen molar-refractivity contribution in [3.05, 3.63) is 47.3 Å². The average molecular weight is 470 g/mol. The number of alkyl halides is 3. The molecular weight excluding hydrogens is 441 g/mol. The molecule has 1 aromatic carbocycles. The third-order valence-corrected chi connectivity index (χ3v) is 5.83. The van der Waals surface area contributed by atoms with Gasteiger partial charge < -0.3 is 14.6 Å². The fourth-order valence-electron chi connectivity index (χ4n) is 4.05. The van der Waals surface area contributed by atoms with E-state index in [2.05, 4.69) is 39.5 Å². The van der Waals surface area contributed by atoms with E-state index in [9.17, 15) is 13.2 Å². The molecule has 3 heterocycles. The molecule has 4 rings (SSSR count). The van der Waals surface area contributed by atoms with Crippen LogP contribution in [-0.2, 0) is 34.3 Å². The number of aliphatic carboxylic acids is 1. The van der Waals surface area contributed by atoms with Gasteiger partial charge in [0.25, 0.3) is 0 Å². The summed E-state index contributed by atoms with van der Waals surface area (Å²) in [4.78, 5) is 11.4. The number of ether oxygens (including phenoxy) is 2. The van der Waals surface area contributed by atoms with Crippen LogP contribution in [0.3, 0.4) is 0 Å². The normalized spacial score (nSPS) is 19.5. The van der Waals surface area contributed by atoms with Gasteiger partial charge in [0.15, 0.2) is 0 Å². The van der Waals surface area contributed by atoms with Crippen LogP contribution in [0, 0.1) is 5.92 Å². The molecule has 1 fully saturated rings. The summed E-state index contributed by atoms with van der Waals surface area (Å²) in [6.45, 7) is 5.22. The Morgan fingerprint density at radius 2 is 1.91 bits per heavy atom. The first-order valence-corrected chi connectivity index (χ1v) is 10.9. The monoisotopic (exact) mass is 470 g/mol. The number of hydrogen-bond donors (Lipinski definition) is 1. The molecular formula is C22H29F3N4O4. The third-order valence-electron chi connectivity index (χ3n) is 5.83. The maximum Gasteiger partial charge on any atom is 0.490 e. The Bertz CT molecular complexity index is 886. The summed E-state index contributed by atoms with van der Waals surface area (Å²) in [6.07, 6.45) is -1.76. The van der Waals surface area contributed by atoms with Crippen molar-refractivity contribution in [2.75, 3.05) is 32.9 Å². The van der Waals surface area contributed by atoms with E-state index in [-0.39, 0.29) is 6.04 Å². The number of aromatic nitrogens is 3. The van der Waals surface area contributed by atoms with Crippen LogP contribution >= 0.6 is 0 Å². The minimum absolute atomic E-state index is 0.194. The SMILES string of the molecule is Cn1nnc2c1CCN(CC1CCOCC1)C2COCc1ccccc1.O=C(O)C(F)(F)F. The Morgan fingerprint density at radius 3 is 2.55 bits per heavy atom. The van der Waals surface area contributed by atoms with E-state index in [1.807, 2.05) is 17.8 Å². The lowest BCUT2D eigenvalue weighted by Crippen LogP contribution is -2.42. The molecule has 2 aliphatic rings. The molecule has 0 amide bonds. The molecule has 1 atom stereocenters. The summed E-state index contributed by atoms with van der Waals surface area (Å²) < 4.78 is 45.3. The van der Waals surface area contributed by atoms with Crippen LogP contribution in [0.4, 0.5) is 13.2 Å². The van der Waals surface area contributed by atoms with Gasteiger partial charge in [0.2, 0.25) is 0 Å². The van der Waals surface area contributed by atoms with E-state index in [0.717, 1.165) is 51.3 Å². The van der Waals surface area contributed by atoms with Crippen molar-refractivity contribution in [2.45, 2.75) is 38.1 Å². The lowest BCUT2D eigenvalue weighted by Gasteiger charge is -2.37. The van der Waals surface area contributed by atoms with Crippen LogP contribution < -0.4 is 0 Å². The number of carboxylic acids is 1. The standard InChI is InChI=1S/C20H28N4O2.C2HF3O2/c1-23-18-7-10-24(13-16-8-11-25-12-9-16)19(20(18)21-22-23)15-26-14-17-5-3-2-4-6-17;3-2(4,5)1(6)7/h2-6,16,19H,7-15H2,1H3;(H,6,7). The van der Waals surface area contributed by atoms with E-state index in [1.165, 1.54) is 11.3 Å². The molecule has 182 valence electrons. The number of rotatable bonds is 6. The fourth-order valence-corrected chi connectivity index (χ4v) is 4.05. The van der Waals surface area contributed by atoms with Gasteiger partial charge in [-0.3, -0.25) is 9.58 Å². The summed E-state index contributed by atoms with van der Waals surface area (Å²) in [5, 5.41) is 15.9. The first kappa shape index (κ1) is 25.1. The minimum Gasteiger partial charge on any atom is -0.475 e. The molecule has 1 saturated heterocycles. The van der Waals surface area contributed by atoms with Gasteiger partial charge in [-0.25, -0.2) is 4.79 Å². The van der Waals surface area contributed by atoms with Crippen molar-refractivity contribution in [1.82, 2.24) is 19.9 Å². The summed E-state index contributed by atoms with van der Waals surface area (Å²) in [5.74, 6) is -2.05. The predicted molar refractivity (Wildman–Crippen MR) is 112 cm³/mol. The van der Waals surface area contributed by atoms with Crippen molar-refractivity contribution < 1.29 is 32.5 Å². The van der Waals surface area contributed by atoms with Gasteiger partial charge in [0.05, 0.1) is 24.9 Å². The number of aryl methyl sites for hydroxylation is 1. The first-order chi connectivity index (χ1) is 15.8. The number of halogens is 3. The van der Waals surface area contributed by atoms with Crippen LogP contribution in [-0.4, -0.2) is 70.1 Å². The van der Waals surface area contributed by atoms with Crippen LogP contribution in [0.5, 0.6) is 0 Å². The Hall–Kier alpha value is -2.50. The van der Waals surface area contributed by atoms with Crippen molar-refractivity contribution in [1.29, 1.82) is 0 Å². The van der Waals surface area contributed by atoms with E-state index in [4.69, 9.17) is 19.4 Å². The molecule has 0 spiro atoms. The average Bonchev–Trinajstić information content (AvgIpc) is 3.17. The topological polar surface area (TPSA) is 89.7 Å². The van der Waals surface area contributed by atoms with Crippen LogP contribution in [0.25, 0.3) is 0 Å². The minimum atomic E-state index is -5.08. The first-order valence-electron chi connectivity index (χ1n) is 10.9. The van der Waals surface area contributed by atoms with Gasteiger partial charge in [0.1, 0.15) is 5.69 Å². The van der Waals surface area contributed by atoms with E-state index >= 15 is 0 Å². The number of benzene rings is 1.